The lowest BCUT2D eigenvalue weighted by atomic mass is 9.90. The fraction of sp³-hybridized carbons (Fsp3) is 0.419. The molecule has 10 heteroatoms. The Morgan fingerprint density at radius 3 is 2.54 bits per heavy atom. The van der Waals surface area contributed by atoms with Gasteiger partial charge in [0, 0.05) is 49.2 Å². The number of benzene rings is 2. The van der Waals surface area contributed by atoms with E-state index < -0.39 is 0 Å². The van der Waals surface area contributed by atoms with E-state index in [1.807, 2.05) is 30.3 Å². The van der Waals surface area contributed by atoms with Crippen molar-refractivity contribution in [1.82, 2.24) is 39.5 Å². The topological polar surface area (TPSA) is 105 Å². The molecule has 0 atom stereocenters. The molecule has 4 heterocycles. The number of fused-ring (bicyclic) bond motifs is 2. The van der Waals surface area contributed by atoms with Crippen LogP contribution in [0.5, 0.6) is 0 Å². The van der Waals surface area contributed by atoms with Crippen molar-refractivity contribution in [2.75, 3.05) is 38.5 Å². The summed E-state index contributed by atoms with van der Waals surface area (Å²) in [7, 11) is 0. The summed E-state index contributed by atoms with van der Waals surface area (Å²) >= 11 is 6.39. The first-order chi connectivity index (χ1) is 20.1. The quantitative estimate of drug-likeness (QED) is 0.285. The van der Waals surface area contributed by atoms with Crippen LogP contribution in [0, 0.1) is 0 Å². The van der Waals surface area contributed by atoms with Gasteiger partial charge in [0.15, 0.2) is 5.65 Å². The molecule has 2 aliphatic rings. The fourth-order valence-electron chi connectivity index (χ4n) is 6.68. The Morgan fingerprint density at radius 1 is 0.976 bits per heavy atom. The van der Waals surface area contributed by atoms with Crippen LogP contribution >= 0.6 is 11.6 Å². The number of aromatic nitrogens is 6. The van der Waals surface area contributed by atoms with Crippen LogP contribution in [0.4, 0.5) is 5.82 Å². The minimum atomic E-state index is 0.298. The predicted molar refractivity (Wildman–Crippen MR) is 164 cm³/mol. The standard InChI is InChI=1S/C31H36ClN9/c1-2-39-13-15-40(16-14-39)22-8-10-23(11-9-22)41-31-28(30(33)34-19-35-31)29(38-41)21-7-12-25-26(17-21)37-27(36-25)18-20-5-3-4-6-24(20)32/h3-7,12,17,19,22-23H,2,8-11,13-16,18H2,1H3,(H,36,37)(H2,33,34,35)/t22-,23-. The maximum absolute atomic E-state index is 6.45. The van der Waals surface area contributed by atoms with Gasteiger partial charge in [-0.2, -0.15) is 5.10 Å². The molecule has 9 nitrogen and oxygen atoms in total. The normalized spacial score (nSPS) is 20.7. The molecule has 1 saturated heterocycles. The molecule has 0 bridgehead atoms. The molecule has 0 spiro atoms. The van der Waals surface area contributed by atoms with Crippen molar-refractivity contribution in [3.8, 4) is 11.3 Å². The Morgan fingerprint density at radius 2 is 1.76 bits per heavy atom. The lowest BCUT2D eigenvalue weighted by Gasteiger charge is -2.41. The number of anilines is 1. The number of aromatic amines is 1. The first kappa shape index (κ1) is 26.4. The smallest absolute Gasteiger partial charge is 0.164 e. The molecule has 2 fully saturated rings. The summed E-state index contributed by atoms with van der Waals surface area (Å²) < 4.78 is 2.12. The number of H-pyrrole nitrogens is 1. The van der Waals surface area contributed by atoms with Gasteiger partial charge in [-0.3, -0.25) is 4.90 Å². The van der Waals surface area contributed by atoms with Gasteiger partial charge in [-0.1, -0.05) is 42.8 Å². The molecular formula is C31H36ClN9. The zero-order chi connectivity index (χ0) is 27.9. The van der Waals surface area contributed by atoms with E-state index in [4.69, 9.17) is 27.4 Å². The molecule has 41 heavy (non-hydrogen) atoms. The van der Waals surface area contributed by atoms with Gasteiger partial charge in [0.25, 0.3) is 0 Å². The van der Waals surface area contributed by atoms with Crippen molar-refractivity contribution >= 4 is 39.5 Å². The van der Waals surface area contributed by atoms with Crippen molar-refractivity contribution in [3.63, 3.8) is 0 Å². The third-order valence-corrected chi connectivity index (χ3v) is 9.39. The number of nitrogens with zero attached hydrogens (tertiary/aromatic N) is 7. The number of likely N-dealkylation sites (N-methyl/N-ethyl adjacent to an activating group) is 1. The maximum Gasteiger partial charge on any atom is 0.164 e. The van der Waals surface area contributed by atoms with Crippen LogP contribution < -0.4 is 5.73 Å². The number of piperazine rings is 1. The molecule has 0 radical (unpaired) electrons. The van der Waals surface area contributed by atoms with Gasteiger partial charge in [-0.25, -0.2) is 19.6 Å². The van der Waals surface area contributed by atoms with Gasteiger partial charge in [-0.05, 0) is 56.0 Å². The summed E-state index contributed by atoms with van der Waals surface area (Å²) in [5.41, 5.74) is 12.0. The molecule has 0 amide bonds. The van der Waals surface area contributed by atoms with Gasteiger partial charge in [0.05, 0.1) is 22.5 Å². The molecule has 0 unspecified atom stereocenters. The first-order valence-corrected chi connectivity index (χ1v) is 15.1. The Bertz CT molecular complexity index is 1680. The molecule has 1 aliphatic heterocycles. The minimum absolute atomic E-state index is 0.298. The van der Waals surface area contributed by atoms with E-state index in [0.717, 1.165) is 69.1 Å². The van der Waals surface area contributed by atoms with Crippen LogP contribution in [0.3, 0.4) is 0 Å². The van der Waals surface area contributed by atoms with E-state index >= 15 is 0 Å². The second-order valence-electron chi connectivity index (χ2n) is 11.4. The van der Waals surface area contributed by atoms with E-state index in [1.165, 1.54) is 39.0 Å². The second kappa shape index (κ2) is 11.0. The second-order valence-corrected chi connectivity index (χ2v) is 11.8. The SMILES string of the molecule is CCN1CCN([C@H]2CC[C@H](n3nc(-c4ccc5nc(Cc6ccccc6Cl)[nH]c5c4)c4c(N)ncnc43)CC2)CC1. The van der Waals surface area contributed by atoms with Crippen LogP contribution in [0.1, 0.15) is 50.0 Å². The van der Waals surface area contributed by atoms with Crippen LogP contribution in [-0.4, -0.2) is 78.3 Å². The van der Waals surface area contributed by atoms with Crippen LogP contribution in [0.15, 0.2) is 48.8 Å². The average molecular weight is 570 g/mol. The van der Waals surface area contributed by atoms with Gasteiger partial charge < -0.3 is 15.6 Å². The Labute approximate surface area is 244 Å². The Hall–Kier alpha value is -3.53. The fourth-order valence-corrected chi connectivity index (χ4v) is 6.88. The van der Waals surface area contributed by atoms with Crippen LogP contribution in [-0.2, 0) is 6.42 Å². The van der Waals surface area contributed by atoms with Crippen molar-refractivity contribution in [3.05, 3.63) is 65.2 Å². The van der Waals surface area contributed by atoms with Crippen molar-refractivity contribution in [2.45, 2.75) is 51.1 Å². The number of hydrogen-bond acceptors (Lipinski definition) is 7. The summed E-state index contributed by atoms with van der Waals surface area (Å²) in [6.45, 7) is 8.13. The van der Waals surface area contributed by atoms with E-state index in [-0.39, 0.29) is 0 Å². The lowest BCUT2D eigenvalue weighted by Crippen LogP contribution is -2.51. The molecular weight excluding hydrogens is 534 g/mol. The molecule has 7 rings (SSSR count). The summed E-state index contributed by atoms with van der Waals surface area (Å²) in [4.78, 5) is 22.5. The van der Waals surface area contributed by atoms with Crippen LogP contribution in [0.2, 0.25) is 5.02 Å². The zero-order valence-corrected chi connectivity index (χ0v) is 24.2. The highest BCUT2D eigenvalue weighted by Crippen LogP contribution is 2.37. The molecule has 3 N–H and O–H groups in total. The third-order valence-electron chi connectivity index (χ3n) is 9.02. The number of nitrogens with two attached hydrogens (primary N) is 1. The van der Waals surface area contributed by atoms with Gasteiger partial charge in [0.1, 0.15) is 23.7 Å². The van der Waals surface area contributed by atoms with Gasteiger partial charge in [0.2, 0.25) is 0 Å². The first-order valence-electron chi connectivity index (χ1n) is 14.7. The number of halogens is 1. The monoisotopic (exact) mass is 569 g/mol. The van der Waals surface area contributed by atoms with E-state index in [2.05, 4.69) is 48.5 Å². The lowest BCUT2D eigenvalue weighted by molar-refractivity contribution is 0.0732. The summed E-state index contributed by atoms with van der Waals surface area (Å²) in [6.07, 6.45) is 6.73. The summed E-state index contributed by atoms with van der Waals surface area (Å²) in [6, 6.07) is 15.0. The molecule has 212 valence electrons. The number of nitrogens with one attached hydrogen (secondary N) is 1. The highest BCUT2D eigenvalue weighted by Gasteiger charge is 2.31. The van der Waals surface area contributed by atoms with E-state index in [1.54, 1.807) is 6.33 Å². The van der Waals surface area contributed by atoms with E-state index in [9.17, 15) is 0 Å². The number of hydrogen-bond donors (Lipinski definition) is 2. The Kier molecular flexibility index (Phi) is 7.10. The third kappa shape index (κ3) is 5.07. The number of rotatable bonds is 6. The highest BCUT2D eigenvalue weighted by atomic mass is 35.5. The maximum atomic E-state index is 6.45. The predicted octanol–water partition coefficient (Wildman–Crippen LogP) is 5.32. The van der Waals surface area contributed by atoms with Crippen molar-refractivity contribution in [1.29, 1.82) is 0 Å². The molecule has 1 aliphatic carbocycles. The average Bonchev–Trinajstić information content (AvgIpc) is 3.60. The van der Waals surface area contributed by atoms with Gasteiger partial charge >= 0.3 is 0 Å². The molecule has 1 saturated carbocycles. The summed E-state index contributed by atoms with van der Waals surface area (Å²) in [5, 5.41) is 6.72. The molecule has 2 aromatic carbocycles. The largest absolute Gasteiger partial charge is 0.383 e. The molecule has 3 aromatic heterocycles. The highest BCUT2D eigenvalue weighted by molar-refractivity contribution is 6.31. The van der Waals surface area contributed by atoms with E-state index in [0.29, 0.717) is 24.3 Å². The van der Waals surface area contributed by atoms with Crippen molar-refractivity contribution in [2.24, 2.45) is 0 Å². The zero-order valence-electron chi connectivity index (χ0n) is 23.4. The summed E-state index contributed by atoms with van der Waals surface area (Å²) in [5.74, 6) is 1.33. The number of nitrogen functional groups attached to an aromatic ring is 1. The van der Waals surface area contributed by atoms with Crippen molar-refractivity contribution < 1.29 is 0 Å². The minimum Gasteiger partial charge on any atom is -0.383 e. The van der Waals surface area contributed by atoms with Gasteiger partial charge in [-0.15, -0.1) is 0 Å². The Balaban J connectivity index is 1.15. The van der Waals surface area contributed by atoms with Crippen LogP contribution in [0.25, 0.3) is 33.3 Å². The number of imidazole rings is 1. The molecule has 5 aromatic rings.